The predicted molar refractivity (Wildman–Crippen MR) is 78.3 cm³/mol. The van der Waals surface area contributed by atoms with E-state index in [9.17, 15) is 19.3 Å². The third kappa shape index (κ3) is 3.66. The molecule has 6 heteroatoms. The molecule has 0 bridgehead atoms. The van der Waals surface area contributed by atoms with Crippen LogP contribution in [0.25, 0.3) is 0 Å². The Bertz CT molecular complexity index is 658. The number of hydrogen-bond acceptors (Lipinski definition) is 4. The van der Waals surface area contributed by atoms with Gasteiger partial charge in [0.15, 0.2) is 6.17 Å². The van der Waals surface area contributed by atoms with Crippen molar-refractivity contribution in [3.05, 3.63) is 75.8 Å². The van der Waals surface area contributed by atoms with Crippen molar-refractivity contribution < 1.29 is 18.8 Å². The Kier molecular flexibility index (Phi) is 4.83. The van der Waals surface area contributed by atoms with E-state index in [0.717, 1.165) is 0 Å². The van der Waals surface area contributed by atoms with E-state index in [-0.39, 0.29) is 11.3 Å². The molecular weight excluding hydrogens is 289 g/mol. The predicted octanol–water partition coefficient (Wildman–Crippen LogP) is 3.85. The molecule has 22 heavy (non-hydrogen) atoms. The maximum Gasteiger partial charge on any atom is 0.338 e. The Morgan fingerprint density at radius 2 is 1.73 bits per heavy atom. The van der Waals surface area contributed by atoms with E-state index in [1.165, 1.54) is 31.2 Å². The number of hydrogen-bond donors (Lipinski definition) is 0. The summed E-state index contributed by atoms with van der Waals surface area (Å²) in [6.45, 7) is 1.46. The van der Waals surface area contributed by atoms with Gasteiger partial charge in [-0.2, -0.15) is 0 Å². The van der Waals surface area contributed by atoms with E-state index in [2.05, 4.69) is 0 Å². The number of halogens is 1. The first kappa shape index (κ1) is 15.6. The average molecular weight is 303 g/mol. The first-order valence-electron chi connectivity index (χ1n) is 6.63. The highest BCUT2D eigenvalue weighted by Gasteiger charge is 2.23. The molecule has 0 spiro atoms. The molecule has 0 aliphatic rings. The van der Waals surface area contributed by atoms with E-state index in [4.69, 9.17) is 4.74 Å². The summed E-state index contributed by atoms with van der Waals surface area (Å²) in [5.74, 6) is -0.721. The molecule has 2 rings (SSSR count). The van der Waals surface area contributed by atoms with E-state index in [1.807, 2.05) is 0 Å². The lowest BCUT2D eigenvalue weighted by Gasteiger charge is -2.17. The first-order valence-corrected chi connectivity index (χ1v) is 6.63. The third-order valence-corrected chi connectivity index (χ3v) is 3.14. The standard InChI is InChI=1S/C16H14FNO4/c1-11(15(17)12-5-3-2-4-6-12)22-16(19)13-7-9-14(10-8-13)18(20)21/h2-11,15H,1H3/t11-,15+/m1/s1. The summed E-state index contributed by atoms with van der Waals surface area (Å²) in [4.78, 5) is 21.9. The minimum atomic E-state index is -1.44. The maximum absolute atomic E-state index is 14.2. The molecule has 2 atom stereocenters. The molecule has 0 N–H and O–H groups in total. The van der Waals surface area contributed by atoms with Gasteiger partial charge < -0.3 is 4.74 Å². The van der Waals surface area contributed by atoms with Crippen LogP contribution in [-0.4, -0.2) is 17.0 Å². The second-order valence-corrected chi connectivity index (χ2v) is 4.73. The molecule has 2 aromatic rings. The molecule has 0 aliphatic heterocycles. The van der Waals surface area contributed by atoms with Gasteiger partial charge in [-0.15, -0.1) is 0 Å². The summed E-state index contributed by atoms with van der Waals surface area (Å²) in [6.07, 6.45) is -2.41. The number of nitro benzene ring substituents is 1. The van der Waals surface area contributed by atoms with Crippen molar-refractivity contribution in [1.82, 2.24) is 0 Å². The second-order valence-electron chi connectivity index (χ2n) is 4.73. The monoisotopic (exact) mass is 303 g/mol. The zero-order chi connectivity index (χ0) is 16.1. The number of non-ortho nitro benzene ring substituents is 1. The van der Waals surface area contributed by atoms with Crippen LogP contribution in [0.5, 0.6) is 0 Å². The van der Waals surface area contributed by atoms with Gasteiger partial charge in [-0.3, -0.25) is 10.1 Å². The molecule has 0 unspecified atom stereocenters. The van der Waals surface area contributed by atoms with Crippen molar-refractivity contribution in [1.29, 1.82) is 0 Å². The van der Waals surface area contributed by atoms with Gasteiger partial charge in [0.1, 0.15) is 6.10 Å². The minimum absolute atomic E-state index is 0.128. The summed E-state index contributed by atoms with van der Waals surface area (Å²) < 4.78 is 19.3. The van der Waals surface area contributed by atoms with Crippen molar-refractivity contribution in [3.8, 4) is 0 Å². The van der Waals surface area contributed by atoms with Gasteiger partial charge in [0.25, 0.3) is 5.69 Å². The van der Waals surface area contributed by atoms with Crippen LogP contribution in [-0.2, 0) is 4.74 Å². The van der Waals surface area contributed by atoms with E-state index >= 15 is 0 Å². The quantitative estimate of drug-likeness (QED) is 0.478. The zero-order valence-electron chi connectivity index (χ0n) is 11.8. The van der Waals surface area contributed by atoms with Gasteiger partial charge in [-0.05, 0) is 24.6 Å². The molecular formula is C16H14FNO4. The minimum Gasteiger partial charge on any atom is -0.456 e. The van der Waals surface area contributed by atoms with Gasteiger partial charge >= 0.3 is 5.97 Å². The van der Waals surface area contributed by atoms with Crippen LogP contribution < -0.4 is 0 Å². The Labute approximate surface area is 126 Å². The normalized spacial score (nSPS) is 13.2. The Morgan fingerprint density at radius 3 is 2.27 bits per heavy atom. The van der Waals surface area contributed by atoms with Crippen LogP contribution in [0, 0.1) is 10.1 Å². The smallest absolute Gasteiger partial charge is 0.338 e. The third-order valence-electron chi connectivity index (χ3n) is 3.14. The number of carbonyl (C=O) groups excluding carboxylic acids is 1. The maximum atomic E-state index is 14.2. The summed E-state index contributed by atoms with van der Waals surface area (Å²) in [5.41, 5.74) is 0.432. The lowest BCUT2D eigenvalue weighted by molar-refractivity contribution is -0.384. The SMILES string of the molecule is C[C@@H](OC(=O)c1ccc([N+](=O)[O-])cc1)[C@H](F)c1ccccc1. The molecule has 0 saturated carbocycles. The molecule has 2 aromatic carbocycles. The number of esters is 1. The fraction of sp³-hybridized carbons (Fsp3) is 0.188. The zero-order valence-corrected chi connectivity index (χ0v) is 11.8. The molecule has 0 fully saturated rings. The van der Waals surface area contributed by atoms with Crippen LogP contribution in [0.3, 0.4) is 0 Å². The lowest BCUT2D eigenvalue weighted by Crippen LogP contribution is -2.20. The number of nitrogens with zero attached hydrogens (tertiary/aromatic N) is 1. The van der Waals surface area contributed by atoms with E-state index < -0.39 is 23.2 Å². The first-order chi connectivity index (χ1) is 10.5. The molecule has 0 aromatic heterocycles. The number of carbonyl (C=O) groups is 1. The summed E-state index contributed by atoms with van der Waals surface area (Å²) in [6, 6.07) is 13.4. The Hall–Kier alpha value is -2.76. The van der Waals surface area contributed by atoms with Gasteiger partial charge in [-0.25, -0.2) is 9.18 Å². The molecule has 114 valence electrons. The highest BCUT2D eigenvalue weighted by atomic mass is 19.1. The van der Waals surface area contributed by atoms with Crippen LogP contribution in [0.1, 0.15) is 29.0 Å². The fourth-order valence-corrected chi connectivity index (χ4v) is 1.92. The molecule has 0 radical (unpaired) electrons. The van der Waals surface area contributed by atoms with Gasteiger partial charge in [0.2, 0.25) is 0 Å². The van der Waals surface area contributed by atoms with Gasteiger partial charge in [0.05, 0.1) is 10.5 Å². The lowest BCUT2D eigenvalue weighted by atomic mass is 10.1. The number of rotatable bonds is 5. The van der Waals surface area contributed by atoms with Crippen molar-refractivity contribution in [3.63, 3.8) is 0 Å². The van der Waals surface area contributed by atoms with Gasteiger partial charge in [0, 0.05) is 12.1 Å². The Morgan fingerprint density at radius 1 is 1.14 bits per heavy atom. The fourth-order valence-electron chi connectivity index (χ4n) is 1.92. The molecule has 0 heterocycles. The summed E-state index contributed by atoms with van der Waals surface area (Å²) >= 11 is 0. The van der Waals surface area contributed by atoms with E-state index in [0.29, 0.717) is 5.56 Å². The van der Waals surface area contributed by atoms with Crippen LogP contribution in [0.4, 0.5) is 10.1 Å². The summed E-state index contributed by atoms with van der Waals surface area (Å²) in [5, 5.41) is 10.5. The number of nitro groups is 1. The van der Waals surface area contributed by atoms with Crippen LogP contribution in [0.2, 0.25) is 0 Å². The number of benzene rings is 2. The molecule has 0 aliphatic carbocycles. The highest BCUT2D eigenvalue weighted by Crippen LogP contribution is 2.24. The molecule has 0 amide bonds. The van der Waals surface area contributed by atoms with Crippen molar-refractivity contribution in [2.45, 2.75) is 19.2 Å². The number of ether oxygens (including phenoxy) is 1. The van der Waals surface area contributed by atoms with Crippen LogP contribution in [0.15, 0.2) is 54.6 Å². The highest BCUT2D eigenvalue weighted by molar-refractivity contribution is 5.89. The molecule has 0 saturated heterocycles. The topological polar surface area (TPSA) is 69.4 Å². The van der Waals surface area contributed by atoms with E-state index in [1.54, 1.807) is 30.3 Å². The Balaban J connectivity index is 2.03. The average Bonchev–Trinajstić information content (AvgIpc) is 2.54. The second kappa shape index (κ2) is 6.80. The van der Waals surface area contributed by atoms with Crippen molar-refractivity contribution in [2.24, 2.45) is 0 Å². The van der Waals surface area contributed by atoms with Gasteiger partial charge in [-0.1, -0.05) is 30.3 Å². The largest absolute Gasteiger partial charge is 0.456 e. The summed E-state index contributed by atoms with van der Waals surface area (Å²) in [7, 11) is 0. The van der Waals surface area contributed by atoms with Crippen LogP contribution >= 0.6 is 0 Å². The number of alkyl halides is 1. The van der Waals surface area contributed by atoms with Crippen molar-refractivity contribution >= 4 is 11.7 Å². The van der Waals surface area contributed by atoms with Crippen molar-refractivity contribution in [2.75, 3.05) is 0 Å². The molecule has 5 nitrogen and oxygen atoms in total.